The summed E-state index contributed by atoms with van der Waals surface area (Å²) in [6, 6.07) is 22.8. The summed E-state index contributed by atoms with van der Waals surface area (Å²) in [4.78, 5) is 0. The minimum atomic E-state index is 0.212. The van der Waals surface area contributed by atoms with Gasteiger partial charge in [-0.25, -0.2) is 0 Å². The van der Waals surface area contributed by atoms with Crippen molar-refractivity contribution in [2.24, 2.45) is 0 Å². The molecule has 0 aromatic heterocycles. The number of hydrogen-bond acceptors (Lipinski definition) is 0. The van der Waals surface area contributed by atoms with Crippen molar-refractivity contribution in [2.45, 2.75) is 0 Å². The number of hydrogen-bond donors (Lipinski definition) is 0. The van der Waals surface area contributed by atoms with E-state index in [4.69, 9.17) is 0 Å². The molecule has 0 radical (unpaired) electrons. The van der Waals surface area contributed by atoms with Gasteiger partial charge in [0.2, 0.25) is 6.71 Å². The van der Waals surface area contributed by atoms with Gasteiger partial charge >= 0.3 is 5.54 Å². The Morgan fingerprint density at radius 2 is 1.17 bits per heavy atom. The molecule has 0 unspecified atom stereocenters. The maximum Gasteiger partial charge on any atom is 0.358 e. The van der Waals surface area contributed by atoms with E-state index in [0.29, 0.717) is 6.71 Å². The average Bonchev–Trinajstić information content (AvgIpc) is 2.80. The lowest BCUT2D eigenvalue weighted by Gasteiger charge is -2.40. The van der Waals surface area contributed by atoms with Crippen LogP contribution in [0.2, 0.25) is 0 Å². The van der Waals surface area contributed by atoms with E-state index in [1.54, 1.807) is 0 Å². The number of rotatable bonds is 0. The highest BCUT2D eigenvalue weighted by atomic mass is 79.9. The van der Waals surface area contributed by atoms with Crippen molar-refractivity contribution in [1.82, 2.24) is 0 Å². The Labute approximate surface area is 194 Å². The van der Waals surface area contributed by atoms with Gasteiger partial charge in [-0.2, -0.15) is 0 Å². The lowest BCUT2D eigenvalue weighted by atomic mass is 9.14. The van der Waals surface area contributed by atoms with Gasteiger partial charge < -0.3 is 0 Å². The molecule has 1 aliphatic carbocycles. The van der Waals surface area contributed by atoms with Gasteiger partial charge in [-0.3, -0.25) is 0 Å². The summed E-state index contributed by atoms with van der Waals surface area (Å²) in [6.07, 6.45) is 9.81. The van der Waals surface area contributed by atoms with Crippen LogP contribution in [-0.4, -0.2) is 24.5 Å². The van der Waals surface area contributed by atoms with Gasteiger partial charge in [0, 0.05) is 23.1 Å². The summed E-state index contributed by atoms with van der Waals surface area (Å²) in [5.74, 6) is 0. The first-order chi connectivity index (χ1) is 14.8. The van der Waals surface area contributed by atoms with Crippen LogP contribution >= 0.6 is 31.5 Å². The fourth-order valence-corrected chi connectivity index (χ4v) is 7.66. The van der Waals surface area contributed by atoms with Crippen LogP contribution in [0.3, 0.4) is 0 Å². The van der Waals surface area contributed by atoms with Crippen LogP contribution in [0.4, 0.5) is 0 Å². The van der Waals surface area contributed by atoms with Crippen molar-refractivity contribution < 1.29 is 0 Å². The molecule has 30 heavy (non-hydrogen) atoms. The number of allylic oxidation sites excluding steroid dienone is 6. The number of halogens is 2. The lowest BCUT2D eigenvalue weighted by Crippen LogP contribution is -2.84. The molecule has 4 aliphatic rings. The third-order valence-electron chi connectivity index (χ3n) is 7.19. The predicted molar refractivity (Wildman–Crippen MR) is 141 cm³/mol. The first-order valence-corrected chi connectivity index (χ1v) is 12.2. The van der Waals surface area contributed by atoms with Crippen LogP contribution in [0, 0.1) is 6.08 Å². The zero-order valence-corrected chi connectivity index (χ0v) is 19.2. The zero-order chi connectivity index (χ0) is 20.0. The van der Waals surface area contributed by atoms with Crippen LogP contribution in [0.5, 0.6) is 0 Å². The molecule has 0 saturated carbocycles. The van der Waals surface area contributed by atoms with Crippen LogP contribution in [0.25, 0.3) is 0 Å². The van der Waals surface area contributed by atoms with Gasteiger partial charge in [0.25, 0.3) is 12.2 Å². The second-order valence-electron chi connectivity index (χ2n) is 8.48. The van der Waals surface area contributed by atoms with E-state index in [2.05, 4.69) is 116 Å². The largest absolute Gasteiger partial charge is 0.358 e. The van der Waals surface area contributed by atoms with E-state index in [9.17, 15) is 0 Å². The van der Waals surface area contributed by atoms with Crippen molar-refractivity contribution in [3.05, 3.63) is 95.9 Å². The SMILES string of the molecule is BrB1C2=C(C=C[C+]=C2)B2c3cccc4c3B(c3ccccc3B4Br)c3cccc1c32. The Morgan fingerprint density at radius 1 is 0.567 bits per heavy atom. The quantitative estimate of drug-likeness (QED) is 0.295. The molecule has 134 valence electrons. The molecule has 0 N–H and O–H groups in total. The first-order valence-electron chi connectivity index (χ1n) is 10.4. The second kappa shape index (κ2) is 6.26. The molecule has 3 aliphatic heterocycles. The van der Waals surface area contributed by atoms with Crippen molar-refractivity contribution in [3.63, 3.8) is 0 Å². The Kier molecular flexibility index (Phi) is 3.69. The van der Waals surface area contributed by atoms with E-state index in [1.807, 2.05) is 0 Å². The van der Waals surface area contributed by atoms with E-state index < -0.39 is 0 Å². The fraction of sp³-hybridized carbons (Fsp3) is 0. The summed E-state index contributed by atoms with van der Waals surface area (Å²) in [5, 5.41) is 0. The molecule has 6 heteroatoms. The van der Waals surface area contributed by atoms with Gasteiger partial charge in [-0.05, 0) is 0 Å². The van der Waals surface area contributed by atoms with Crippen LogP contribution in [0.1, 0.15) is 0 Å². The summed E-state index contributed by atoms with van der Waals surface area (Å²) >= 11 is 8.06. The van der Waals surface area contributed by atoms with Gasteiger partial charge in [0.15, 0.2) is 0 Å². The van der Waals surface area contributed by atoms with Crippen molar-refractivity contribution >= 4 is 99.7 Å². The fourth-order valence-electron chi connectivity index (χ4n) is 6.05. The topological polar surface area (TPSA) is 0 Å². The molecule has 0 atom stereocenters. The molecule has 0 fully saturated rings. The Balaban J connectivity index is 1.63. The van der Waals surface area contributed by atoms with Crippen molar-refractivity contribution in [3.8, 4) is 0 Å². The minimum Gasteiger partial charge on any atom is -0.143 e. The molecule has 3 heterocycles. The summed E-state index contributed by atoms with van der Waals surface area (Å²) < 4.78 is 0. The molecule has 7 rings (SSSR count). The molecule has 0 saturated heterocycles. The van der Waals surface area contributed by atoms with Crippen LogP contribution < -0.4 is 43.7 Å². The van der Waals surface area contributed by atoms with Gasteiger partial charge in [0.1, 0.15) is 6.08 Å². The Hall–Kier alpha value is -1.99. The van der Waals surface area contributed by atoms with E-state index in [1.165, 1.54) is 54.6 Å². The molecule has 0 nitrogen and oxygen atoms in total. The first kappa shape index (κ1) is 17.7. The zero-order valence-electron chi connectivity index (χ0n) is 16.1. The molecular formula is C24H13B4Br2+. The normalized spacial score (nSPS) is 16.7. The third kappa shape index (κ3) is 2.10. The van der Waals surface area contributed by atoms with E-state index >= 15 is 0 Å². The summed E-state index contributed by atoms with van der Waals surface area (Å²) in [6.45, 7) is 0.578. The van der Waals surface area contributed by atoms with E-state index in [-0.39, 0.29) is 17.8 Å². The molecule has 0 amide bonds. The number of fused-ring (bicyclic) bond motifs is 5. The highest BCUT2D eigenvalue weighted by molar-refractivity contribution is 9.25. The highest BCUT2D eigenvalue weighted by Crippen LogP contribution is 2.25. The third-order valence-corrected chi connectivity index (χ3v) is 9.16. The standard InChI is InChI=1S/C24H13B4Br2/c29-27-17-9-3-1-7-15(17)25-19-11-5-14-22-24(19)26(20-12-6-13-21(27)23(20)25)16-8-2-4-10-18(16)28(22)30/h1-3,5-14H/q+1. The average molecular weight is 504 g/mol. The molecule has 3 aromatic rings. The summed E-state index contributed by atoms with van der Waals surface area (Å²) in [7, 11) is 0. The van der Waals surface area contributed by atoms with Crippen molar-refractivity contribution in [2.75, 3.05) is 0 Å². The van der Waals surface area contributed by atoms with Gasteiger partial charge in [-0.1, -0.05) is 104 Å². The Morgan fingerprint density at radius 3 is 1.97 bits per heavy atom. The lowest BCUT2D eigenvalue weighted by molar-refractivity contribution is 1.62. The van der Waals surface area contributed by atoms with Crippen LogP contribution in [0.15, 0.2) is 89.8 Å². The Bertz CT molecular complexity index is 1360. The predicted octanol–water partition coefficient (Wildman–Crippen LogP) is -0.150. The summed E-state index contributed by atoms with van der Waals surface area (Å²) in [5.41, 5.74) is 14.8. The van der Waals surface area contributed by atoms with Crippen molar-refractivity contribution in [1.29, 1.82) is 0 Å². The van der Waals surface area contributed by atoms with Crippen LogP contribution in [-0.2, 0) is 0 Å². The maximum absolute atomic E-state index is 4.04. The second-order valence-corrected chi connectivity index (χ2v) is 10.3. The van der Waals surface area contributed by atoms with Gasteiger partial charge in [0.05, 0.1) is 6.08 Å². The minimum absolute atomic E-state index is 0.212. The number of benzene rings is 3. The van der Waals surface area contributed by atoms with E-state index in [0.717, 1.165) is 0 Å². The maximum atomic E-state index is 4.04. The molecule has 3 aromatic carbocycles. The monoisotopic (exact) mass is 503 g/mol. The molecule has 0 bridgehead atoms. The van der Waals surface area contributed by atoms with Gasteiger partial charge in [-0.15, -0.1) is 31.5 Å². The molecular weight excluding hydrogens is 491 g/mol. The molecule has 0 spiro atoms. The highest BCUT2D eigenvalue weighted by Gasteiger charge is 2.51. The smallest absolute Gasteiger partial charge is 0.143 e.